The first-order valence-electron chi connectivity index (χ1n) is 13.0. The molecular weight excluding hydrogens is 585 g/mol. The summed E-state index contributed by atoms with van der Waals surface area (Å²) in [6.45, 7) is 2.50. The number of carbonyl (C=O) groups is 2. The van der Waals surface area contributed by atoms with E-state index in [0.29, 0.717) is 35.5 Å². The maximum atomic E-state index is 12.7. The molecule has 0 spiro atoms. The van der Waals surface area contributed by atoms with Crippen LogP contribution in [-0.4, -0.2) is 36.2 Å². The fourth-order valence-corrected chi connectivity index (χ4v) is 3.78. The summed E-state index contributed by atoms with van der Waals surface area (Å²) in [5, 5.41) is 12.7. The highest BCUT2D eigenvalue weighted by Crippen LogP contribution is 2.29. The Hall–Kier alpha value is -4.54. The molecule has 228 valence electrons. The van der Waals surface area contributed by atoms with Gasteiger partial charge >= 0.3 is 18.1 Å². The number of rotatable bonds is 9. The van der Waals surface area contributed by atoms with Gasteiger partial charge in [0, 0.05) is 24.3 Å². The maximum Gasteiger partial charge on any atom is 0.416 e. The van der Waals surface area contributed by atoms with Crippen LogP contribution in [0.25, 0.3) is 0 Å². The summed E-state index contributed by atoms with van der Waals surface area (Å²) >= 11 is 0. The largest absolute Gasteiger partial charge is 0.507 e. The minimum atomic E-state index is -4.34. The highest BCUT2D eigenvalue weighted by Gasteiger charge is 2.30. The summed E-state index contributed by atoms with van der Waals surface area (Å²) in [6, 6.07) is 26.8. The number of nitrogen functional groups attached to an aromatic ring is 1. The quantitative estimate of drug-likeness (QED) is 0.0831. The normalized spacial score (nSPS) is 11.3. The van der Waals surface area contributed by atoms with E-state index < -0.39 is 23.7 Å². The number of hydrogen-bond acceptors (Lipinski definition) is 7. The van der Waals surface area contributed by atoms with E-state index in [1.54, 1.807) is 54.6 Å². The van der Waals surface area contributed by atoms with E-state index in [0.717, 1.165) is 12.1 Å². The van der Waals surface area contributed by atoms with E-state index in [1.807, 2.05) is 19.1 Å². The number of anilines is 1. The van der Waals surface area contributed by atoms with Crippen LogP contribution in [0.3, 0.4) is 0 Å². The van der Waals surface area contributed by atoms with Crippen molar-refractivity contribution in [3.63, 3.8) is 0 Å². The molecule has 1 atom stereocenters. The predicted octanol–water partition coefficient (Wildman–Crippen LogP) is 6.70. The van der Waals surface area contributed by atoms with E-state index in [2.05, 4.69) is 5.32 Å². The van der Waals surface area contributed by atoms with Crippen LogP contribution in [0, 0.1) is 0 Å². The molecule has 0 amide bonds. The molecule has 7 nitrogen and oxygen atoms in total. The van der Waals surface area contributed by atoms with Crippen molar-refractivity contribution in [1.29, 1.82) is 0 Å². The predicted molar refractivity (Wildman–Crippen MR) is 161 cm³/mol. The number of nitrogens with one attached hydrogen (secondary N) is 1. The summed E-state index contributed by atoms with van der Waals surface area (Å²) in [7, 11) is 0. The van der Waals surface area contributed by atoms with Crippen LogP contribution in [0.15, 0.2) is 103 Å². The molecule has 43 heavy (non-hydrogen) atoms. The Kier molecular flexibility index (Phi) is 13.5. The number of esters is 2. The number of ether oxygens (including phenoxy) is 2. The zero-order valence-corrected chi connectivity index (χ0v) is 24.0. The molecule has 0 heterocycles. The number of nitrogens with two attached hydrogens (primary N) is 1. The molecule has 0 bridgehead atoms. The highest BCUT2D eigenvalue weighted by molar-refractivity contribution is 5.94. The summed E-state index contributed by atoms with van der Waals surface area (Å²) in [5.41, 5.74) is 6.39. The molecule has 0 radical (unpaired) electrons. The summed E-state index contributed by atoms with van der Waals surface area (Å²) in [6.07, 6.45) is -3.88. The van der Waals surface area contributed by atoms with Crippen LogP contribution >= 0.6 is 12.4 Å². The van der Waals surface area contributed by atoms with Crippen molar-refractivity contribution in [2.45, 2.75) is 25.6 Å². The first kappa shape index (κ1) is 34.7. The third-order valence-corrected chi connectivity index (χ3v) is 5.83. The zero-order valence-electron chi connectivity index (χ0n) is 23.2. The number of phenols is 1. The molecule has 0 aliphatic carbocycles. The second-order valence-corrected chi connectivity index (χ2v) is 9.24. The molecule has 0 saturated carbocycles. The van der Waals surface area contributed by atoms with Crippen molar-refractivity contribution in [1.82, 2.24) is 5.32 Å². The van der Waals surface area contributed by atoms with E-state index in [9.17, 15) is 27.9 Å². The number of carbonyl (C=O) groups excluding carboxylic acids is 2. The minimum Gasteiger partial charge on any atom is -0.507 e. The molecule has 0 aromatic heterocycles. The van der Waals surface area contributed by atoms with Crippen LogP contribution in [0.5, 0.6) is 11.5 Å². The first-order chi connectivity index (χ1) is 20.0. The van der Waals surface area contributed by atoms with Gasteiger partial charge in [-0.1, -0.05) is 54.6 Å². The summed E-state index contributed by atoms with van der Waals surface area (Å²) < 4.78 is 48.3. The standard InChI is InChI=1S/C19H20F3NO2.C13H11NO3.ClH/c1-14(12-15-6-5-9-17(13-15)19(20,21)22)23-10-11-25-18(24)16-7-3-2-4-8-16;14-9-6-7-11(12(15)8-9)13(16)17-10-4-2-1-3-5-10;/h2-9,13-14,23H,10-12H2,1H3;1-8,15H,14H2;1H. The van der Waals surface area contributed by atoms with Gasteiger partial charge in [-0.15, -0.1) is 12.4 Å². The molecular formula is C32H32ClF3N2O5. The third kappa shape index (κ3) is 11.7. The fraction of sp³-hybridized carbons (Fsp3) is 0.188. The number of aromatic hydroxyl groups is 1. The Morgan fingerprint density at radius 3 is 2.16 bits per heavy atom. The van der Waals surface area contributed by atoms with Crippen LogP contribution in [0.4, 0.5) is 18.9 Å². The number of phenolic OH excluding ortho intramolecular Hbond substituents is 1. The van der Waals surface area contributed by atoms with Gasteiger partial charge in [-0.05, 0) is 61.4 Å². The third-order valence-electron chi connectivity index (χ3n) is 5.83. The Labute approximate surface area is 253 Å². The van der Waals surface area contributed by atoms with E-state index in [-0.39, 0.29) is 36.4 Å². The SMILES string of the molecule is CC(Cc1cccc(C(F)(F)F)c1)NCCOC(=O)c1ccccc1.Cl.Nc1ccc(C(=O)Oc2ccccc2)c(O)c1. The van der Waals surface area contributed by atoms with Crippen LogP contribution < -0.4 is 15.8 Å². The lowest BCUT2D eigenvalue weighted by molar-refractivity contribution is -0.137. The van der Waals surface area contributed by atoms with Crippen molar-refractivity contribution < 1.29 is 37.3 Å². The molecule has 4 aromatic carbocycles. The van der Waals surface area contributed by atoms with Gasteiger partial charge in [0.2, 0.25) is 0 Å². The summed E-state index contributed by atoms with van der Waals surface area (Å²) in [5.74, 6) is -0.777. The zero-order chi connectivity index (χ0) is 30.5. The monoisotopic (exact) mass is 616 g/mol. The molecule has 4 rings (SSSR count). The lowest BCUT2D eigenvalue weighted by atomic mass is 10.0. The van der Waals surface area contributed by atoms with Gasteiger partial charge in [0.1, 0.15) is 23.7 Å². The Bertz CT molecular complexity index is 1450. The molecule has 0 fully saturated rings. The average molecular weight is 617 g/mol. The van der Waals surface area contributed by atoms with Crippen molar-refractivity contribution in [3.8, 4) is 11.5 Å². The lowest BCUT2D eigenvalue weighted by Gasteiger charge is -2.15. The van der Waals surface area contributed by atoms with E-state index in [4.69, 9.17) is 15.2 Å². The van der Waals surface area contributed by atoms with Gasteiger partial charge in [0.25, 0.3) is 0 Å². The Morgan fingerprint density at radius 2 is 1.53 bits per heavy atom. The van der Waals surface area contributed by atoms with Gasteiger partial charge in [0.15, 0.2) is 0 Å². The molecule has 11 heteroatoms. The van der Waals surface area contributed by atoms with Crippen LogP contribution in [0.2, 0.25) is 0 Å². The lowest BCUT2D eigenvalue weighted by Crippen LogP contribution is -2.31. The molecule has 4 aromatic rings. The highest BCUT2D eigenvalue weighted by atomic mass is 35.5. The number of benzene rings is 4. The number of para-hydroxylation sites is 1. The van der Waals surface area contributed by atoms with Gasteiger partial charge in [-0.3, -0.25) is 0 Å². The number of halogens is 4. The van der Waals surface area contributed by atoms with Crippen LogP contribution in [0.1, 0.15) is 38.8 Å². The topological polar surface area (TPSA) is 111 Å². The second-order valence-electron chi connectivity index (χ2n) is 9.24. The average Bonchev–Trinajstić information content (AvgIpc) is 2.96. The van der Waals surface area contributed by atoms with Crippen molar-refractivity contribution in [3.05, 3.63) is 125 Å². The smallest absolute Gasteiger partial charge is 0.416 e. The molecule has 4 N–H and O–H groups in total. The van der Waals surface area contributed by atoms with Crippen molar-refractivity contribution >= 4 is 30.0 Å². The number of hydrogen-bond donors (Lipinski definition) is 3. The van der Waals surface area contributed by atoms with Gasteiger partial charge in [-0.2, -0.15) is 13.2 Å². The molecule has 0 aliphatic rings. The molecule has 0 aliphatic heterocycles. The second kappa shape index (κ2) is 16.8. The molecule has 0 saturated heterocycles. The van der Waals surface area contributed by atoms with Crippen LogP contribution in [-0.2, 0) is 17.3 Å². The minimum absolute atomic E-state index is 0. The summed E-state index contributed by atoms with van der Waals surface area (Å²) in [4.78, 5) is 23.5. The van der Waals surface area contributed by atoms with Gasteiger partial charge in [-0.25, -0.2) is 9.59 Å². The number of alkyl halides is 3. The van der Waals surface area contributed by atoms with E-state index >= 15 is 0 Å². The maximum absolute atomic E-state index is 12.7. The van der Waals surface area contributed by atoms with Crippen molar-refractivity contribution in [2.75, 3.05) is 18.9 Å². The molecule has 1 unspecified atom stereocenters. The van der Waals surface area contributed by atoms with Gasteiger partial charge in [0.05, 0.1) is 11.1 Å². The van der Waals surface area contributed by atoms with E-state index in [1.165, 1.54) is 24.3 Å². The fourth-order valence-electron chi connectivity index (χ4n) is 3.78. The van der Waals surface area contributed by atoms with Crippen molar-refractivity contribution in [2.24, 2.45) is 0 Å². The Balaban J connectivity index is 0.000000313. The van der Waals surface area contributed by atoms with Gasteiger partial charge < -0.3 is 25.6 Å². The Morgan fingerprint density at radius 1 is 0.884 bits per heavy atom. The first-order valence-corrected chi connectivity index (χ1v) is 13.0.